The van der Waals surface area contributed by atoms with E-state index in [0.717, 1.165) is 30.8 Å². The van der Waals surface area contributed by atoms with Crippen LogP contribution in [0, 0.1) is 17.8 Å². The maximum absolute atomic E-state index is 11.3. The maximum atomic E-state index is 11.3. The molecule has 0 aromatic carbocycles. The molecular weight excluding hydrogens is 214 g/mol. The Morgan fingerprint density at radius 1 is 1.35 bits per heavy atom. The molecular formula is C14H25NO2. The summed E-state index contributed by atoms with van der Waals surface area (Å²) in [6, 6.07) is 0. The van der Waals surface area contributed by atoms with Crippen LogP contribution in [0.15, 0.2) is 0 Å². The van der Waals surface area contributed by atoms with Gasteiger partial charge in [0.1, 0.15) is 5.54 Å². The van der Waals surface area contributed by atoms with Gasteiger partial charge in [-0.25, -0.2) is 0 Å². The van der Waals surface area contributed by atoms with E-state index in [1.807, 2.05) is 13.8 Å². The van der Waals surface area contributed by atoms with Crippen molar-refractivity contribution < 1.29 is 9.90 Å². The zero-order chi connectivity index (χ0) is 12.6. The lowest BCUT2D eigenvalue weighted by Crippen LogP contribution is -2.52. The second-order valence-corrected chi connectivity index (χ2v) is 6.34. The van der Waals surface area contributed by atoms with Gasteiger partial charge >= 0.3 is 5.97 Å². The summed E-state index contributed by atoms with van der Waals surface area (Å²) in [7, 11) is 0. The average Bonchev–Trinajstić information content (AvgIpc) is 2.86. The Kier molecular flexibility index (Phi) is 3.48. The van der Waals surface area contributed by atoms with Crippen LogP contribution in [-0.2, 0) is 4.79 Å². The van der Waals surface area contributed by atoms with E-state index in [2.05, 4.69) is 11.8 Å². The molecule has 0 aromatic heterocycles. The van der Waals surface area contributed by atoms with Gasteiger partial charge in [-0.15, -0.1) is 0 Å². The highest BCUT2D eigenvalue weighted by Gasteiger charge is 2.42. The van der Waals surface area contributed by atoms with Crippen molar-refractivity contribution in [2.45, 2.75) is 52.0 Å². The highest BCUT2D eigenvalue weighted by molar-refractivity contribution is 5.77. The smallest absolute Gasteiger partial charge is 0.323 e. The highest BCUT2D eigenvalue weighted by Crippen LogP contribution is 2.48. The minimum Gasteiger partial charge on any atom is -0.480 e. The molecule has 2 aliphatic carbocycles. The van der Waals surface area contributed by atoms with Gasteiger partial charge in [0.15, 0.2) is 0 Å². The molecule has 3 unspecified atom stereocenters. The summed E-state index contributed by atoms with van der Waals surface area (Å²) in [5.41, 5.74) is -0.726. The van der Waals surface area contributed by atoms with Crippen molar-refractivity contribution >= 4 is 5.97 Å². The van der Waals surface area contributed by atoms with Crippen molar-refractivity contribution in [2.24, 2.45) is 17.8 Å². The lowest BCUT2D eigenvalue weighted by molar-refractivity contribution is -0.149. The van der Waals surface area contributed by atoms with Crippen LogP contribution in [0.4, 0.5) is 0 Å². The van der Waals surface area contributed by atoms with E-state index in [1.165, 1.54) is 25.7 Å². The Morgan fingerprint density at radius 3 is 2.47 bits per heavy atom. The molecule has 0 saturated heterocycles. The molecule has 2 fully saturated rings. The Balaban J connectivity index is 1.98. The summed E-state index contributed by atoms with van der Waals surface area (Å²) in [6.45, 7) is 7.51. The molecule has 2 aliphatic rings. The van der Waals surface area contributed by atoms with E-state index < -0.39 is 11.5 Å². The number of fused-ring (bicyclic) bond motifs is 2. The van der Waals surface area contributed by atoms with Gasteiger partial charge in [-0.3, -0.25) is 9.69 Å². The topological polar surface area (TPSA) is 40.5 Å². The number of hydrogen-bond acceptors (Lipinski definition) is 2. The number of aliphatic carboxylic acids is 1. The average molecular weight is 239 g/mol. The first-order chi connectivity index (χ1) is 7.95. The second kappa shape index (κ2) is 4.60. The van der Waals surface area contributed by atoms with E-state index in [-0.39, 0.29) is 0 Å². The SMILES string of the molecule is CCN(CC1CC2CCC1C2)C(C)(C)C(=O)O. The molecule has 2 bridgehead atoms. The fourth-order valence-electron chi connectivity index (χ4n) is 3.77. The van der Waals surface area contributed by atoms with E-state index in [9.17, 15) is 9.90 Å². The van der Waals surface area contributed by atoms with Crippen molar-refractivity contribution in [2.75, 3.05) is 13.1 Å². The van der Waals surface area contributed by atoms with Crippen molar-refractivity contribution in [3.63, 3.8) is 0 Å². The Morgan fingerprint density at radius 2 is 2.06 bits per heavy atom. The van der Waals surface area contributed by atoms with Gasteiger partial charge in [0.25, 0.3) is 0 Å². The van der Waals surface area contributed by atoms with Crippen LogP contribution < -0.4 is 0 Å². The fourth-order valence-corrected chi connectivity index (χ4v) is 3.77. The number of rotatable bonds is 5. The molecule has 2 saturated carbocycles. The summed E-state index contributed by atoms with van der Waals surface area (Å²) in [6.07, 6.45) is 5.52. The maximum Gasteiger partial charge on any atom is 0.323 e. The molecule has 0 heterocycles. The first-order valence-electron chi connectivity index (χ1n) is 6.93. The fraction of sp³-hybridized carbons (Fsp3) is 0.929. The number of carboxylic acid groups (broad SMARTS) is 1. The van der Waals surface area contributed by atoms with Crippen LogP contribution in [0.25, 0.3) is 0 Å². The van der Waals surface area contributed by atoms with Crippen LogP contribution in [-0.4, -0.2) is 34.6 Å². The van der Waals surface area contributed by atoms with Crippen LogP contribution in [0.2, 0.25) is 0 Å². The number of likely N-dealkylation sites (N-methyl/N-ethyl adjacent to an activating group) is 1. The monoisotopic (exact) mass is 239 g/mol. The number of nitrogens with zero attached hydrogens (tertiary/aromatic N) is 1. The lowest BCUT2D eigenvalue weighted by atomic mass is 9.87. The van der Waals surface area contributed by atoms with Crippen LogP contribution >= 0.6 is 0 Å². The molecule has 0 aromatic rings. The molecule has 0 amide bonds. The minimum absolute atomic E-state index is 0.706. The van der Waals surface area contributed by atoms with E-state index in [0.29, 0.717) is 0 Å². The molecule has 0 spiro atoms. The number of carbonyl (C=O) groups is 1. The van der Waals surface area contributed by atoms with Crippen molar-refractivity contribution in [1.29, 1.82) is 0 Å². The normalized spacial score (nSPS) is 32.4. The number of hydrogen-bond donors (Lipinski definition) is 1. The third-order valence-electron chi connectivity index (χ3n) is 5.04. The first kappa shape index (κ1) is 12.9. The molecule has 0 radical (unpaired) electrons. The van der Waals surface area contributed by atoms with E-state index in [4.69, 9.17) is 0 Å². The summed E-state index contributed by atoms with van der Waals surface area (Å²) in [4.78, 5) is 13.5. The van der Waals surface area contributed by atoms with Crippen molar-refractivity contribution in [1.82, 2.24) is 4.90 Å². The summed E-state index contributed by atoms with van der Waals surface area (Å²) >= 11 is 0. The molecule has 3 atom stereocenters. The zero-order valence-corrected chi connectivity index (χ0v) is 11.3. The zero-order valence-electron chi connectivity index (χ0n) is 11.3. The minimum atomic E-state index is -0.726. The Hall–Kier alpha value is -0.570. The van der Waals surface area contributed by atoms with Gasteiger partial charge in [-0.05, 0) is 57.4 Å². The Labute approximate surface area is 104 Å². The number of carboxylic acids is 1. The predicted molar refractivity (Wildman–Crippen MR) is 67.9 cm³/mol. The van der Waals surface area contributed by atoms with Gasteiger partial charge in [0.2, 0.25) is 0 Å². The quantitative estimate of drug-likeness (QED) is 0.801. The molecule has 3 nitrogen and oxygen atoms in total. The molecule has 98 valence electrons. The Bertz CT molecular complexity index is 301. The second-order valence-electron chi connectivity index (χ2n) is 6.34. The molecule has 2 rings (SSSR count). The van der Waals surface area contributed by atoms with Gasteiger partial charge in [-0.1, -0.05) is 13.3 Å². The third-order valence-corrected chi connectivity index (χ3v) is 5.04. The summed E-state index contributed by atoms with van der Waals surface area (Å²) in [5, 5.41) is 9.31. The van der Waals surface area contributed by atoms with Crippen LogP contribution in [0.5, 0.6) is 0 Å². The summed E-state index contributed by atoms with van der Waals surface area (Å²) < 4.78 is 0. The van der Waals surface area contributed by atoms with Gasteiger partial charge in [-0.2, -0.15) is 0 Å². The van der Waals surface area contributed by atoms with Gasteiger partial charge in [0.05, 0.1) is 0 Å². The van der Waals surface area contributed by atoms with Crippen molar-refractivity contribution in [3.8, 4) is 0 Å². The summed E-state index contributed by atoms with van der Waals surface area (Å²) in [5.74, 6) is 1.85. The van der Waals surface area contributed by atoms with Crippen LogP contribution in [0.3, 0.4) is 0 Å². The van der Waals surface area contributed by atoms with Gasteiger partial charge in [0, 0.05) is 6.54 Å². The molecule has 1 N–H and O–H groups in total. The highest BCUT2D eigenvalue weighted by atomic mass is 16.4. The van der Waals surface area contributed by atoms with E-state index in [1.54, 1.807) is 0 Å². The molecule has 0 aliphatic heterocycles. The van der Waals surface area contributed by atoms with Crippen LogP contribution in [0.1, 0.15) is 46.5 Å². The largest absolute Gasteiger partial charge is 0.480 e. The third kappa shape index (κ3) is 2.35. The standard InChI is InChI=1S/C14H25NO2/c1-4-15(14(2,3)13(16)17)9-12-8-10-5-6-11(12)7-10/h10-12H,4-9H2,1-3H3,(H,16,17). The predicted octanol–water partition coefficient (Wildman–Crippen LogP) is 2.61. The van der Waals surface area contributed by atoms with Gasteiger partial charge < -0.3 is 5.11 Å². The molecule has 17 heavy (non-hydrogen) atoms. The molecule has 3 heteroatoms. The lowest BCUT2D eigenvalue weighted by Gasteiger charge is -2.37. The van der Waals surface area contributed by atoms with E-state index >= 15 is 0 Å². The first-order valence-corrected chi connectivity index (χ1v) is 6.93. The van der Waals surface area contributed by atoms with Crippen molar-refractivity contribution in [3.05, 3.63) is 0 Å².